The van der Waals surface area contributed by atoms with E-state index in [1.807, 2.05) is 12.1 Å². The predicted octanol–water partition coefficient (Wildman–Crippen LogP) is 1.83. The summed E-state index contributed by atoms with van der Waals surface area (Å²) in [4.78, 5) is 12.8. The molecule has 68 valence electrons. The Kier molecular flexibility index (Phi) is 3.53. The molecule has 1 heterocycles. The molecule has 1 aromatic heterocycles. The van der Waals surface area contributed by atoms with Crippen molar-refractivity contribution < 1.29 is 9.53 Å². The number of carbonyl (C=O) groups excluding carboxylic acids is 1. The lowest BCUT2D eigenvalue weighted by Gasteiger charge is -1.95. The molecule has 0 radical (unpaired) electrons. The SMILES string of the molecule is C#Cc1ccc(CCC(=O)OC)s1. The Morgan fingerprint density at radius 2 is 2.46 bits per heavy atom. The number of ether oxygens (including phenoxy) is 1. The summed E-state index contributed by atoms with van der Waals surface area (Å²) in [7, 11) is 1.39. The van der Waals surface area contributed by atoms with Crippen molar-refractivity contribution in [3.8, 4) is 12.3 Å². The van der Waals surface area contributed by atoms with Crippen molar-refractivity contribution in [1.82, 2.24) is 0 Å². The van der Waals surface area contributed by atoms with E-state index in [0.717, 1.165) is 9.75 Å². The molecule has 0 atom stereocenters. The van der Waals surface area contributed by atoms with Crippen LogP contribution in [0.1, 0.15) is 16.2 Å². The summed E-state index contributed by atoms with van der Waals surface area (Å²) < 4.78 is 4.53. The maximum absolute atomic E-state index is 10.8. The Bertz CT molecular complexity index is 333. The number of thiophene rings is 1. The number of aryl methyl sites for hydroxylation is 1. The van der Waals surface area contributed by atoms with Gasteiger partial charge < -0.3 is 4.74 Å². The number of hydrogen-bond acceptors (Lipinski definition) is 3. The van der Waals surface area contributed by atoms with Gasteiger partial charge in [-0.1, -0.05) is 5.92 Å². The van der Waals surface area contributed by atoms with Gasteiger partial charge in [0.15, 0.2) is 0 Å². The zero-order valence-corrected chi connectivity index (χ0v) is 8.19. The van der Waals surface area contributed by atoms with Crippen LogP contribution in [0.3, 0.4) is 0 Å². The normalized spacial score (nSPS) is 9.23. The van der Waals surface area contributed by atoms with Crippen molar-refractivity contribution in [1.29, 1.82) is 0 Å². The highest BCUT2D eigenvalue weighted by atomic mass is 32.1. The third-order valence-electron chi connectivity index (χ3n) is 1.61. The molecule has 0 N–H and O–H groups in total. The topological polar surface area (TPSA) is 26.3 Å². The molecule has 0 spiro atoms. The van der Waals surface area contributed by atoms with E-state index in [4.69, 9.17) is 6.42 Å². The zero-order chi connectivity index (χ0) is 9.68. The number of hydrogen-bond donors (Lipinski definition) is 0. The smallest absolute Gasteiger partial charge is 0.305 e. The Labute approximate surface area is 81.5 Å². The number of rotatable bonds is 3. The summed E-state index contributed by atoms with van der Waals surface area (Å²) in [6, 6.07) is 3.83. The van der Waals surface area contributed by atoms with E-state index >= 15 is 0 Å². The lowest BCUT2D eigenvalue weighted by atomic mass is 10.3. The van der Waals surface area contributed by atoms with Crippen molar-refractivity contribution in [3.05, 3.63) is 21.9 Å². The molecule has 0 saturated carbocycles. The monoisotopic (exact) mass is 194 g/mol. The van der Waals surface area contributed by atoms with Crippen LogP contribution < -0.4 is 0 Å². The molecule has 0 saturated heterocycles. The zero-order valence-electron chi connectivity index (χ0n) is 7.37. The van der Waals surface area contributed by atoms with Crippen molar-refractivity contribution >= 4 is 17.3 Å². The molecule has 1 aromatic rings. The summed E-state index contributed by atoms with van der Waals surface area (Å²) in [6.45, 7) is 0. The van der Waals surface area contributed by atoms with E-state index in [-0.39, 0.29) is 5.97 Å². The van der Waals surface area contributed by atoms with E-state index in [9.17, 15) is 4.79 Å². The standard InChI is InChI=1S/C10H10O2S/c1-3-8-4-5-9(13-8)6-7-10(11)12-2/h1,4-5H,6-7H2,2H3. The van der Waals surface area contributed by atoms with Crippen LogP contribution in [-0.2, 0) is 16.0 Å². The van der Waals surface area contributed by atoms with E-state index in [1.54, 1.807) is 11.3 Å². The molecule has 0 aliphatic carbocycles. The average molecular weight is 194 g/mol. The fourth-order valence-electron chi connectivity index (χ4n) is 0.917. The van der Waals surface area contributed by atoms with Crippen LogP contribution in [0.2, 0.25) is 0 Å². The molecular formula is C10H10O2S. The lowest BCUT2D eigenvalue weighted by molar-refractivity contribution is -0.140. The van der Waals surface area contributed by atoms with Crippen LogP contribution in [0.25, 0.3) is 0 Å². The maximum atomic E-state index is 10.8. The van der Waals surface area contributed by atoms with E-state index in [0.29, 0.717) is 12.8 Å². The Morgan fingerprint density at radius 1 is 1.69 bits per heavy atom. The van der Waals surface area contributed by atoms with Gasteiger partial charge in [-0.3, -0.25) is 4.79 Å². The molecular weight excluding hydrogens is 184 g/mol. The summed E-state index contributed by atoms with van der Waals surface area (Å²) in [5.41, 5.74) is 0. The molecule has 0 unspecified atom stereocenters. The third-order valence-corrected chi connectivity index (χ3v) is 2.68. The second kappa shape index (κ2) is 4.68. The largest absolute Gasteiger partial charge is 0.469 e. The second-order valence-corrected chi connectivity index (χ2v) is 3.65. The van der Waals surface area contributed by atoms with Gasteiger partial charge in [-0.05, 0) is 18.6 Å². The van der Waals surface area contributed by atoms with E-state index in [2.05, 4.69) is 10.7 Å². The van der Waals surface area contributed by atoms with Crippen LogP contribution in [0.15, 0.2) is 12.1 Å². The molecule has 3 heteroatoms. The van der Waals surface area contributed by atoms with E-state index in [1.165, 1.54) is 7.11 Å². The van der Waals surface area contributed by atoms with Crippen LogP contribution in [0, 0.1) is 12.3 Å². The van der Waals surface area contributed by atoms with Crippen LogP contribution in [0.4, 0.5) is 0 Å². The first-order valence-corrected chi connectivity index (χ1v) is 4.70. The number of esters is 1. The fourth-order valence-corrected chi connectivity index (χ4v) is 1.73. The summed E-state index contributed by atoms with van der Waals surface area (Å²) in [6.07, 6.45) is 6.34. The molecule has 2 nitrogen and oxygen atoms in total. The molecule has 0 fully saturated rings. The van der Waals surface area contributed by atoms with Crippen molar-refractivity contribution in [2.45, 2.75) is 12.8 Å². The molecule has 0 amide bonds. The van der Waals surface area contributed by atoms with Gasteiger partial charge in [-0.2, -0.15) is 0 Å². The molecule has 1 rings (SSSR count). The Balaban J connectivity index is 2.46. The van der Waals surface area contributed by atoms with Gasteiger partial charge in [0.25, 0.3) is 0 Å². The molecule has 0 aliphatic heterocycles. The van der Waals surface area contributed by atoms with Gasteiger partial charge in [0.1, 0.15) is 0 Å². The van der Waals surface area contributed by atoms with Gasteiger partial charge in [0.05, 0.1) is 18.4 Å². The minimum absolute atomic E-state index is 0.185. The minimum atomic E-state index is -0.185. The summed E-state index contributed by atoms with van der Waals surface area (Å²) >= 11 is 1.54. The first kappa shape index (κ1) is 9.82. The van der Waals surface area contributed by atoms with Crippen molar-refractivity contribution in [2.75, 3.05) is 7.11 Å². The van der Waals surface area contributed by atoms with E-state index < -0.39 is 0 Å². The number of carbonyl (C=O) groups is 1. The third kappa shape index (κ3) is 2.92. The highest BCUT2D eigenvalue weighted by Gasteiger charge is 2.03. The Hall–Kier alpha value is -1.27. The van der Waals surface area contributed by atoms with Gasteiger partial charge in [0, 0.05) is 4.88 Å². The van der Waals surface area contributed by atoms with Gasteiger partial charge >= 0.3 is 5.97 Å². The number of terminal acetylenes is 1. The minimum Gasteiger partial charge on any atom is -0.469 e. The van der Waals surface area contributed by atoms with Gasteiger partial charge in [-0.25, -0.2) is 0 Å². The highest BCUT2D eigenvalue weighted by Crippen LogP contribution is 2.16. The quantitative estimate of drug-likeness (QED) is 0.542. The first-order chi connectivity index (χ1) is 6.26. The van der Waals surface area contributed by atoms with Crippen LogP contribution >= 0.6 is 11.3 Å². The average Bonchev–Trinajstić information content (AvgIpc) is 2.61. The molecule has 0 bridgehead atoms. The highest BCUT2D eigenvalue weighted by molar-refractivity contribution is 7.12. The van der Waals surface area contributed by atoms with Gasteiger partial charge in [0.2, 0.25) is 0 Å². The molecule has 0 aliphatic rings. The number of methoxy groups -OCH3 is 1. The Morgan fingerprint density at radius 3 is 3.00 bits per heavy atom. The predicted molar refractivity (Wildman–Crippen MR) is 52.6 cm³/mol. The molecule has 13 heavy (non-hydrogen) atoms. The summed E-state index contributed by atoms with van der Waals surface area (Å²) in [5, 5.41) is 0. The van der Waals surface area contributed by atoms with Crippen molar-refractivity contribution in [2.24, 2.45) is 0 Å². The first-order valence-electron chi connectivity index (χ1n) is 3.88. The van der Waals surface area contributed by atoms with Gasteiger partial charge in [-0.15, -0.1) is 17.8 Å². The summed E-state index contributed by atoms with van der Waals surface area (Å²) in [5.74, 6) is 2.37. The van der Waals surface area contributed by atoms with Crippen molar-refractivity contribution in [3.63, 3.8) is 0 Å². The molecule has 0 aromatic carbocycles. The second-order valence-electron chi connectivity index (χ2n) is 2.49. The fraction of sp³-hybridized carbons (Fsp3) is 0.300. The lowest BCUT2D eigenvalue weighted by Crippen LogP contribution is -2.00. The van der Waals surface area contributed by atoms with Crippen LogP contribution in [-0.4, -0.2) is 13.1 Å². The van der Waals surface area contributed by atoms with Crippen LogP contribution in [0.5, 0.6) is 0 Å². The maximum Gasteiger partial charge on any atom is 0.305 e.